The maximum Gasteiger partial charge on any atom is 0.223 e. The van der Waals surface area contributed by atoms with Gasteiger partial charge in [-0.2, -0.15) is 0 Å². The van der Waals surface area contributed by atoms with Crippen molar-refractivity contribution in [3.05, 3.63) is 36.2 Å². The highest BCUT2D eigenvalue weighted by atomic mass is 16.5. The molecule has 0 saturated carbocycles. The second-order valence-corrected chi connectivity index (χ2v) is 4.27. The van der Waals surface area contributed by atoms with Crippen LogP contribution in [-0.4, -0.2) is 27.2 Å². The Labute approximate surface area is 109 Å². The van der Waals surface area contributed by atoms with Gasteiger partial charge >= 0.3 is 0 Å². The summed E-state index contributed by atoms with van der Waals surface area (Å²) in [6.45, 7) is 1.93. The smallest absolute Gasteiger partial charge is 0.223 e. The van der Waals surface area contributed by atoms with Gasteiger partial charge in [-0.1, -0.05) is 0 Å². The predicted octanol–water partition coefficient (Wildman–Crippen LogP) is 2.65. The fraction of sp³-hybridized carbons (Fsp3) is 0.143. The monoisotopic (exact) mass is 255 g/mol. The Kier molecular flexibility index (Phi) is 2.59. The Morgan fingerprint density at radius 1 is 1.16 bits per heavy atom. The number of fused-ring (bicyclic) bond motifs is 1. The van der Waals surface area contributed by atoms with Crippen LogP contribution in [0.3, 0.4) is 0 Å². The summed E-state index contributed by atoms with van der Waals surface area (Å²) >= 11 is 0. The van der Waals surface area contributed by atoms with Gasteiger partial charge in [0.05, 0.1) is 18.2 Å². The van der Waals surface area contributed by atoms with Gasteiger partial charge in [-0.05, 0) is 42.3 Å². The Hall–Kier alpha value is -2.56. The van der Waals surface area contributed by atoms with Crippen molar-refractivity contribution in [2.45, 2.75) is 6.92 Å². The molecule has 0 fully saturated rings. The van der Waals surface area contributed by atoms with E-state index in [9.17, 15) is 5.11 Å². The zero-order chi connectivity index (χ0) is 13.4. The Bertz CT molecular complexity index is 732. The number of methoxy groups -OCH3 is 1. The minimum Gasteiger partial charge on any atom is -0.497 e. The molecule has 3 rings (SSSR count). The molecule has 0 bridgehead atoms. The van der Waals surface area contributed by atoms with E-state index in [0.29, 0.717) is 11.0 Å². The molecular formula is C14H13N3O2. The summed E-state index contributed by atoms with van der Waals surface area (Å²) in [6, 6.07) is 7.71. The van der Waals surface area contributed by atoms with Crippen LogP contribution in [0, 0.1) is 6.92 Å². The Morgan fingerprint density at radius 3 is 2.53 bits per heavy atom. The molecule has 0 atom stereocenters. The average molecular weight is 255 g/mol. The van der Waals surface area contributed by atoms with E-state index < -0.39 is 0 Å². The van der Waals surface area contributed by atoms with Crippen LogP contribution in [0.25, 0.3) is 22.3 Å². The van der Waals surface area contributed by atoms with Crippen LogP contribution < -0.4 is 4.74 Å². The largest absolute Gasteiger partial charge is 0.497 e. The first-order valence-corrected chi connectivity index (χ1v) is 5.87. The summed E-state index contributed by atoms with van der Waals surface area (Å²) in [5, 5.41) is 10.5. The van der Waals surface area contributed by atoms with Gasteiger partial charge in [-0.15, -0.1) is 0 Å². The molecule has 0 radical (unpaired) electrons. The van der Waals surface area contributed by atoms with Crippen LogP contribution in [0.1, 0.15) is 5.56 Å². The number of aromatic hydroxyl groups is 1. The minimum absolute atomic E-state index is 0.00138. The van der Waals surface area contributed by atoms with Crippen molar-refractivity contribution in [3.63, 3.8) is 0 Å². The van der Waals surface area contributed by atoms with Gasteiger partial charge in [0.2, 0.25) is 5.88 Å². The van der Waals surface area contributed by atoms with E-state index in [1.807, 2.05) is 31.2 Å². The molecule has 0 aliphatic carbocycles. The van der Waals surface area contributed by atoms with Gasteiger partial charge in [-0.25, -0.2) is 9.97 Å². The van der Waals surface area contributed by atoms with Crippen LogP contribution in [0.2, 0.25) is 0 Å². The average Bonchev–Trinajstić information content (AvgIpc) is 2.78. The Morgan fingerprint density at radius 2 is 1.89 bits per heavy atom. The highest BCUT2D eigenvalue weighted by Gasteiger charge is 2.14. The van der Waals surface area contributed by atoms with E-state index in [1.165, 1.54) is 6.33 Å². The van der Waals surface area contributed by atoms with Crippen LogP contribution in [0.15, 0.2) is 30.6 Å². The number of hydrogen-bond acceptors (Lipinski definition) is 4. The number of nitrogens with zero attached hydrogens (tertiary/aromatic N) is 2. The lowest BCUT2D eigenvalue weighted by atomic mass is 10.1. The summed E-state index contributed by atoms with van der Waals surface area (Å²) in [5.74, 6) is 0.804. The molecule has 0 aliphatic heterocycles. The van der Waals surface area contributed by atoms with Gasteiger partial charge in [0.1, 0.15) is 17.7 Å². The third-order valence-electron chi connectivity index (χ3n) is 3.20. The zero-order valence-corrected chi connectivity index (χ0v) is 10.6. The van der Waals surface area contributed by atoms with Crippen molar-refractivity contribution >= 4 is 11.0 Å². The molecule has 1 aromatic carbocycles. The number of aryl methyl sites for hydroxylation is 1. The van der Waals surface area contributed by atoms with Crippen molar-refractivity contribution in [1.29, 1.82) is 0 Å². The minimum atomic E-state index is -0.00138. The van der Waals surface area contributed by atoms with Crippen molar-refractivity contribution in [2.75, 3.05) is 7.11 Å². The molecule has 2 aromatic heterocycles. The van der Waals surface area contributed by atoms with Crippen molar-refractivity contribution in [1.82, 2.24) is 15.0 Å². The first-order chi connectivity index (χ1) is 9.20. The van der Waals surface area contributed by atoms with Gasteiger partial charge < -0.3 is 14.8 Å². The lowest BCUT2D eigenvalue weighted by molar-refractivity contribution is 0.415. The molecule has 5 heteroatoms. The molecular weight excluding hydrogens is 242 g/mol. The number of rotatable bonds is 2. The molecule has 0 aliphatic rings. The zero-order valence-electron chi connectivity index (χ0n) is 10.6. The van der Waals surface area contributed by atoms with Gasteiger partial charge in [0.25, 0.3) is 0 Å². The summed E-state index contributed by atoms with van der Waals surface area (Å²) in [6.07, 6.45) is 1.34. The van der Waals surface area contributed by atoms with E-state index in [2.05, 4.69) is 15.0 Å². The summed E-state index contributed by atoms with van der Waals surface area (Å²) in [4.78, 5) is 11.1. The van der Waals surface area contributed by atoms with E-state index in [0.717, 1.165) is 22.6 Å². The lowest BCUT2D eigenvalue weighted by Gasteiger charge is -2.03. The molecule has 96 valence electrons. The first-order valence-electron chi connectivity index (χ1n) is 5.87. The van der Waals surface area contributed by atoms with Gasteiger partial charge in [0, 0.05) is 0 Å². The van der Waals surface area contributed by atoms with Gasteiger partial charge in [-0.3, -0.25) is 0 Å². The summed E-state index contributed by atoms with van der Waals surface area (Å²) in [7, 11) is 1.64. The van der Waals surface area contributed by atoms with E-state index in [-0.39, 0.29) is 5.88 Å². The topological polar surface area (TPSA) is 71.0 Å². The number of ether oxygens (including phenoxy) is 1. The maximum absolute atomic E-state index is 9.80. The van der Waals surface area contributed by atoms with Crippen molar-refractivity contribution < 1.29 is 9.84 Å². The third kappa shape index (κ3) is 1.79. The van der Waals surface area contributed by atoms with Crippen LogP contribution >= 0.6 is 0 Å². The highest BCUT2D eigenvalue weighted by molar-refractivity contribution is 5.91. The predicted molar refractivity (Wildman–Crippen MR) is 72.3 cm³/mol. The molecule has 3 aromatic rings. The highest BCUT2D eigenvalue weighted by Crippen LogP contribution is 2.32. The normalized spacial score (nSPS) is 10.8. The molecule has 0 spiro atoms. The fourth-order valence-electron chi connectivity index (χ4n) is 2.20. The lowest BCUT2D eigenvalue weighted by Crippen LogP contribution is -1.84. The van der Waals surface area contributed by atoms with Crippen molar-refractivity contribution in [3.8, 4) is 22.9 Å². The molecule has 0 amide bonds. The van der Waals surface area contributed by atoms with Crippen molar-refractivity contribution in [2.24, 2.45) is 0 Å². The molecule has 5 nitrogen and oxygen atoms in total. The number of aromatic nitrogens is 3. The number of aromatic amines is 1. The van der Waals surface area contributed by atoms with Crippen LogP contribution in [0.4, 0.5) is 0 Å². The quantitative estimate of drug-likeness (QED) is 0.738. The van der Waals surface area contributed by atoms with E-state index in [4.69, 9.17) is 4.74 Å². The Balaban J connectivity index is 2.19. The maximum atomic E-state index is 9.80. The number of benzene rings is 1. The SMILES string of the molecule is COc1ccc(-c2[nH]c3ncnc(O)c3c2C)cc1. The fourth-order valence-corrected chi connectivity index (χ4v) is 2.20. The summed E-state index contributed by atoms with van der Waals surface area (Å²) < 4.78 is 5.14. The molecule has 0 unspecified atom stereocenters. The standard InChI is InChI=1S/C14H13N3O2/c1-8-11-13(15-7-16-14(11)18)17-12(8)9-3-5-10(19-2)6-4-9/h3-7H,1-2H3,(H2,15,16,17,18). The third-order valence-corrected chi connectivity index (χ3v) is 3.20. The van der Waals surface area contributed by atoms with E-state index in [1.54, 1.807) is 7.11 Å². The molecule has 2 heterocycles. The number of nitrogens with one attached hydrogen (secondary N) is 1. The van der Waals surface area contributed by atoms with Gasteiger partial charge in [0.15, 0.2) is 0 Å². The second-order valence-electron chi connectivity index (χ2n) is 4.27. The van der Waals surface area contributed by atoms with Crippen LogP contribution in [-0.2, 0) is 0 Å². The molecule has 2 N–H and O–H groups in total. The molecule has 19 heavy (non-hydrogen) atoms. The van der Waals surface area contributed by atoms with Crippen LogP contribution in [0.5, 0.6) is 11.6 Å². The first kappa shape index (κ1) is 11.5. The number of hydrogen-bond donors (Lipinski definition) is 2. The molecule has 0 saturated heterocycles. The summed E-state index contributed by atoms with van der Waals surface area (Å²) in [5.41, 5.74) is 3.50. The number of H-pyrrole nitrogens is 1. The van der Waals surface area contributed by atoms with E-state index >= 15 is 0 Å². The second kappa shape index (κ2) is 4.28.